The maximum Gasteiger partial charge on any atom is 0.210 e. The Labute approximate surface area is 180 Å². The van der Waals surface area contributed by atoms with E-state index < -0.39 is 0 Å². The van der Waals surface area contributed by atoms with Gasteiger partial charge in [0.15, 0.2) is 0 Å². The number of thioether (sulfide) groups is 1. The van der Waals surface area contributed by atoms with Crippen molar-refractivity contribution >= 4 is 23.4 Å². The quantitative estimate of drug-likeness (QED) is 0.336. The predicted molar refractivity (Wildman–Crippen MR) is 121 cm³/mol. The second-order valence-corrected chi connectivity index (χ2v) is 8.32. The highest BCUT2D eigenvalue weighted by atomic mass is 35.5. The fourth-order valence-corrected chi connectivity index (χ4v) is 3.79. The molecule has 4 rings (SSSR count). The number of hydrogen-bond donors (Lipinski definition) is 0. The van der Waals surface area contributed by atoms with Crippen LogP contribution in [0.1, 0.15) is 16.7 Å². The molecular formula is C24H20ClN3S. The van der Waals surface area contributed by atoms with Crippen LogP contribution < -0.4 is 0 Å². The summed E-state index contributed by atoms with van der Waals surface area (Å²) < 4.78 is 0. The van der Waals surface area contributed by atoms with Gasteiger partial charge in [0.25, 0.3) is 0 Å². The van der Waals surface area contributed by atoms with Gasteiger partial charge in [-0.05, 0) is 31.5 Å². The second-order valence-electron chi connectivity index (χ2n) is 6.94. The molecule has 29 heavy (non-hydrogen) atoms. The van der Waals surface area contributed by atoms with Gasteiger partial charge in [-0.15, -0.1) is 10.2 Å². The van der Waals surface area contributed by atoms with E-state index in [1.54, 1.807) is 11.8 Å². The third-order valence-electron chi connectivity index (χ3n) is 4.60. The molecule has 0 N–H and O–H groups in total. The minimum atomic E-state index is 0.659. The highest BCUT2D eigenvalue weighted by molar-refractivity contribution is 7.98. The largest absolute Gasteiger partial charge is 0.219 e. The summed E-state index contributed by atoms with van der Waals surface area (Å²) in [6.07, 6.45) is 0. The van der Waals surface area contributed by atoms with Crippen LogP contribution in [0.4, 0.5) is 0 Å². The molecule has 0 spiro atoms. The summed E-state index contributed by atoms with van der Waals surface area (Å²) in [6, 6.07) is 24.5. The zero-order valence-corrected chi connectivity index (χ0v) is 17.8. The van der Waals surface area contributed by atoms with E-state index in [2.05, 4.69) is 72.6 Å². The molecule has 0 aliphatic heterocycles. The van der Waals surface area contributed by atoms with Crippen molar-refractivity contribution in [3.8, 4) is 22.5 Å². The standard InChI is InChI=1S/C24H20ClN3S/c1-16-3-9-19(10-4-16)22-23(20-11-5-17(2)6-12-20)27-28-24(26-22)29-15-18-7-13-21(25)14-8-18/h3-14H,15H2,1-2H3. The zero-order valence-electron chi connectivity index (χ0n) is 16.3. The summed E-state index contributed by atoms with van der Waals surface area (Å²) in [6.45, 7) is 4.15. The predicted octanol–water partition coefficient (Wildman–Crippen LogP) is 6.77. The third kappa shape index (κ3) is 4.84. The molecule has 0 radical (unpaired) electrons. The van der Waals surface area contributed by atoms with Crippen molar-refractivity contribution < 1.29 is 0 Å². The van der Waals surface area contributed by atoms with Gasteiger partial charge in [-0.25, -0.2) is 4.98 Å². The van der Waals surface area contributed by atoms with Crippen LogP contribution in [0, 0.1) is 13.8 Å². The lowest BCUT2D eigenvalue weighted by Gasteiger charge is -2.10. The average Bonchev–Trinajstić information content (AvgIpc) is 2.74. The van der Waals surface area contributed by atoms with Gasteiger partial charge >= 0.3 is 0 Å². The normalized spacial score (nSPS) is 10.9. The van der Waals surface area contributed by atoms with Crippen molar-refractivity contribution in [1.82, 2.24) is 15.2 Å². The number of aromatic nitrogens is 3. The summed E-state index contributed by atoms with van der Waals surface area (Å²) >= 11 is 7.54. The number of hydrogen-bond acceptors (Lipinski definition) is 4. The van der Waals surface area contributed by atoms with Crippen molar-refractivity contribution in [3.63, 3.8) is 0 Å². The Hall–Kier alpha value is -2.69. The maximum absolute atomic E-state index is 5.97. The fraction of sp³-hybridized carbons (Fsp3) is 0.125. The Kier molecular flexibility index (Phi) is 5.93. The fourth-order valence-electron chi connectivity index (χ4n) is 2.92. The highest BCUT2D eigenvalue weighted by Gasteiger charge is 2.14. The molecule has 4 aromatic rings. The molecule has 0 aliphatic rings. The molecule has 0 unspecified atom stereocenters. The van der Waals surface area contributed by atoms with Gasteiger partial charge in [0.05, 0.1) is 0 Å². The monoisotopic (exact) mass is 417 g/mol. The van der Waals surface area contributed by atoms with Gasteiger partial charge in [-0.1, -0.05) is 95.2 Å². The van der Waals surface area contributed by atoms with Crippen molar-refractivity contribution in [2.75, 3.05) is 0 Å². The molecule has 3 aromatic carbocycles. The minimum absolute atomic E-state index is 0.659. The molecular weight excluding hydrogens is 398 g/mol. The lowest BCUT2D eigenvalue weighted by atomic mass is 10.0. The van der Waals surface area contributed by atoms with E-state index in [0.717, 1.165) is 33.3 Å². The Morgan fingerprint density at radius 1 is 0.690 bits per heavy atom. The Morgan fingerprint density at radius 3 is 1.83 bits per heavy atom. The number of benzene rings is 3. The van der Waals surface area contributed by atoms with Crippen molar-refractivity contribution in [3.05, 3.63) is 94.5 Å². The van der Waals surface area contributed by atoms with Crippen LogP contribution in [0.25, 0.3) is 22.5 Å². The van der Waals surface area contributed by atoms with E-state index in [9.17, 15) is 0 Å². The first-order valence-corrected chi connectivity index (χ1v) is 10.7. The highest BCUT2D eigenvalue weighted by Crippen LogP contribution is 2.31. The summed E-state index contributed by atoms with van der Waals surface area (Å²) in [5.41, 5.74) is 7.29. The van der Waals surface area contributed by atoms with Crippen LogP contribution in [-0.2, 0) is 5.75 Å². The average molecular weight is 418 g/mol. The number of rotatable bonds is 5. The molecule has 1 aromatic heterocycles. The van der Waals surface area contributed by atoms with Crippen LogP contribution >= 0.6 is 23.4 Å². The van der Waals surface area contributed by atoms with Gasteiger partial charge in [0.2, 0.25) is 5.16 Å². The number of nitrogens with zero attached hydrogens (tertiary/aromatic N) is 3. The van der Waals surface area contributed by atoms with Crippen molar-refractivity contribution in [1.29, 1.82) is 0 Å². The SMILES string of the molecule is Cc1ccc(-c2nnc(SCc3ccc(Cl)cc3)nc2-c2ccc(C)cc2)cc1. The van der Waals surface area contributed by atoms with Crippen molar-refractivity contribution in [2.24, 2.45) is 0 Å². The molecule has 0 fully saturated rings. The third-order valence-corrected chi connectivity index (χ3v) is 5.76. The van der Waals surface area contributed by atoms with Crippen LogP contribution in [0.15, 0.2) is 78.0 Å². The molecule has 0 aliphatic carbocycles. The summed E-state index contributed by atoms with van der Waals surface area (Å²) in [4.78, 5) is 4.87. The van der Waals surface area contributed by atoms with E-state index >= 15 is 0 Å². The smallest absolute Gasteiger partial charge is 0.210 e. The van der Waals surface area contributed by atoms with E-state index in [1.165, 1.54) is 16.7 Å². The zero-order chi connectivity index (χ0) is 20.2. The lowest BCUT2D eigenvalue weighted by molar-refractivity contribution is 0.850. The molecule has 0 saturated heterocycles. The molecule has 0 atom stereocenters. The topological polar surface area (TPSA) is 38.7 Å². The molecule has 0 saturated carbocycles. The van der Waals surface area contributed by atoms with Gasteiger partial charge in [0.1, 0.15) is 11.4 Å². The van der Waals surface area contributed by atoms with Gasteiger partial charge in [0, 0.05) is 21.9 Å². The first-order valence-electron chi connectivity index (χ1n) is 9.34. The van der Waals surface area contributed by atoms with E-state index in [-0.39, 0.29) is 0 Å². The Bertz CT molecular complexity index is 1110. The molecule has 3 nitrogen and oxygen atoms in total. The summed E-state index contributed by atoms with van der Waals surface area (Å²) in [5, 5.41) is 10.3. The van der Waals surface area contributed by atoms with E-state index in [0.29, 0.717) is 5.16 Å². The minimum Gasteiger partial charge on any atom is -0.219 e. The van der Waals surface area contributed by atoms with E-state index in [1.807, 2.05) is 24.3 Å². The summed E-state index contributed by atoms with van der Waals surface area (Å²) in [7, 11) is 0. The van der Waals surface area contributed by atoms with Crippen LogP contribution in [0.3, 0.4) is 0 Å². The second kappa shape index (κ2) is 8.76. The summed E-state index contributed by atoms with van der Waals surface area (Å²) in [5.74, 6) is 0.760. The molecule has 1 heterocycles. The Balaban J connectivity index is 1.69. The van der Waals surface area contributed by atoms with E-state index in [4.69, 9.17) is 16.6 Å². The molecule has 5 heteroatoms. The first-order chi connectivity index (χ1) is 14.1. The molecule has 0 amide bonds. The van der Waals surface area contributed by atoms with Crippen LogP contribution in [0.2, 0.25) is 5.02 Å². The number of halogens is 1. The first kappa shape index (κ1) is 19.6. The molecule has 0 bridgehead atoms. The van der Waals surface area contributed by atoms with Gasteiger partial charge in [-0.3, -0.25) is 0 Å². The maximum atomic E-state index is 5.97. The van der Waals surface area contributed by atoms with Crippen molar-refractivity contribution in [2.45, 2.75) is 24.8 Å². The van der Waals surface area contributed by atoms with Crippen LogP contribution in [-0.4, -0.2) is 15.2 Å². The molecule has 144 valence electrons. The lowest BCUT2D eigenvalue weighted by Crippen LogP contribution is -1.99. The van der Waals surface area contributed by atoms with Gasteiger partial charge in [-0.2, -0.15) is 0 Å². The Morgan fingerprint density at radius 2 is 1.24 bits per heavy atom. The van der Waals surface area contributed by atoms with Crippen LogP contribution in [0.5, 0.6) is 0 Å². The number of aryl methyl sites for hydroxylation is 2. The van der Waals surface area contributed by atoms with Gasteiger partial charge < -0.3 is 0 Å².